The molecule has 146 valence electrons. The lowest BCUT2D eigenvalue weighted by Gasteiger charge is -2.13. The smallest absolute Gasteiger partial charge is 0.262 e. The van der Waals surface area contributed by atoms with Crippen molar-refractivity contribution in [2.24, 2.45) is 7.05 Å². The van der Waals surface area contributed by atoms with Gasteiger partial charge in [-0.25, -0.2) is 4.98 Å². The van der Waals surface area contributed by atoms with E-state index in [1.807, 2.05) is 13.8 Å². The molecule has 2 aromatic heterocycles. The van der Waals surface area contributed by atoms with Gasteiger partial charge in [0.2, 0.25) is 0 Å². The summed E-state index contributed by atoms with van der Waals surface area (Å²) in [7, 11) is 1.74. The first kappa shape index (κ1) is 19.2. The molecule has 7 heteroatoms. The fourth-order valence-electron chi connectivity index (χ4n) is 3.54. The van der Waals surface area contributed by atoms with E-state index in [-0.39, 0.29) is 16.6 Å². The molecular formula is C21H22N2O3S2. The molecule has 0 N–H and O–H groups in total. The number of aromatic nitrogens is 2. The van der Waals surface area contributed by atoms with Crippen LogP contribution in [0.4, 0.5) is 0 Å². The normalized spacial score (nSPS) is 14.2. The van der Waals surface area contributed by atoms with Gasteiger partial charge >= 0.3 is 0 Å². The molecule has 0 bridgehead atoms. The number of benzene rings is 1. The van der Waals surface area contributed by atoms with E-state index in [1.165, 1.54) is 22.2 Å². The maximum absolute atomic E-state index is 12.9. The second kappa shape index (κ2) is 7.72. The van der Waals surface area contributed by atoms with Gasteiger partial charge in [0.1, 0.15) is 10.6 Å². The quantitative estimate of drug-likeness (QED) is 0.343. The third kappa shape index (κ3) is 3.37. The average molecular weight is 415 g/mol. The van der Waals surface area contributed by atoms with Crippen molar-refractivity contribution in [1.82, 2.24) is 9.55 Å². The molecule has 4 rings (SSSR count). The van der Waals surface area contributed by atoms with Gasteiger partial charge < -0.3 is 4.74 Å². The summed E-state index contributed by atoms with van der Waals surface area (Å²) in [4.78, 5) is 32.5. The van der Waals surface area contributed by atoms with Crippen molar-refractivity contribution in [3.63, 3.8) is 0 Å². The van der Waals surface area contributed by atoms with Crippen molar-refractivity contribution in [3.05, 3.63) is 50.6 Å². The molecule has 1 aromatic carbocycles. The number of ketones is 1. The van der Waals surface area contributed by atoms with E-state index >= 15 is 0 Å². The molecule has 0 amide bonds. The number of carbonyl (C=O) groups is 1. The van der Waals surface area contributed by atoms with E-state index < -0.39 is 0 Å². The molecule has 0 radical (unpaired) electrons. The number of fused-ring (bicyclic) bond motifs is 3. The molecule has 0 spiro atoms. The van der Waals surface area contributed by atoms with Crippen LogP contribution in [0.15, 0.2) is 34.2 Å². The standard InChI is InChI=1S/C21H22N2O3S2/c1-4-26-14-10-8-13(9-11-14)18(24)12(2)27-21-22-19-17(20(25)23(21)3)15-6-5-7-16(15)28-19/h8-12H,4-7H2,1-3H3/t12-/m0/s1. The first-order valence-corrected chi connectivity index (χ1v) is 11.1. The minimum Gasteiger partial charge on any atom is -0.494 e. The summed E-state index contributed by atoms with van der Waals surface area (Å²) in [6.45, 7) is 4.37. The molecule has 28 heavy (non-hydrogen) atoms. The van der Waals surface area contributed by atoms with E-state index in [9.17, 15) is 9.59 Å². The number of thiophene rings is 1. The largest absolute Gasteiger partial charge is 0.494 e. The number of hydrogen-bond acceptors (Lipinski definition) is 6. The second-order valence-corrected chi connectivity index (χ2v) is 9.27. The zero-order valence-electron chi connectivity index (χ0n) is 16.2. The van der Waals surface area contributed by atoms with E-state index in [0.717, 1.165) is 35.2 Å². The van der Waals surface area contributed by atoms with Crippen molar-refractivity contribution in [2.75, 3.05) is 6.61 Å². The van der Waals surface area contributed by atoms with Crippen LogP contribution < -0.4 is 10.3 Å². The Morgan fingerprint density at radius 1 is 1.32 bits per heavy atom. The minimum atomic E-state index is -0.347. The molecule has 5 nitrogen and oxygen atoms in total. The third-order valence-electron chi connectivity index (χ3n) is 5.01. The van der Waals surface area contributed by atoms with E-state index in [4.69, 9.17) is 9.72 Å². The van der Waals surface area contributed by atoms with Crippen LogP contribution in [0.3, 0.4) is 0 Å². The molecule has 0 fully saturated rings. The highest BCUT2D eigenvalue weighted by atomic mass is 32.2. The number of thioether (sulfide) groups is 1. The fourth-order valence-corrected chi connectivity index (χ4v) is 5.79. The number of nitrogens with zero attached hydrogens (tertiary/aromatic N) is 2. The Kier molecular flexibility index (Phi) is 5.29. The number of carbonyl (C=O) groups excluding carboxylic acids is 1. The number of ether oxygens (including phenoxy) is 1. The molecule has 3 aromatic rings. The first-order valence-electron chi connectivity index (χ1n) is 9.44. The summed E-state index contributed by atoms with van der Waals surface area (Å²) in [5.74, 6) is 0.760. The topological polar surface area (TPSA) is 61.2 Å². The Bertz CT molecular complexity index is 1100. The molecule has 0 saturated heterocycles. The highest BCUT2D eigenvalue weighted by molar-refractivity contribution is 8.00. The number of rotatable bonds is 6. The van der Waals surface area contributed by atoms with Crippen LogP contribution in [0.25, 0.3) is 10.2 Å². The van der Waals surface area contributed by atoms with Crippen LogP contribution in [0.1, 0.15) is 41.1 Å². The highest BCUT2D eigenvalue weighted by Crippen LogP contribution is 2.36. The average Bonchev–Trinajstić information content (AvgIpc) is 3.27. The van der Waals surface area contributed by atoms with Crippen molar-refractivity contribution >= 4 is 39.1 Å². The Hall–Kier alpha value is -2.12. The van der Waals surface area contributed by atoms with Gasteiger partial charge in [-0.3, -0.25) is 14.2 Å². The van der Waals surface area contributed by atoms with Crippen molar-refractivity contribution in [1.29, 1.82) is 0 Å². The number of aryl methyl sites for hydroxylation is 2. The van der Waals surface area contributed by atoms with Crippen LogP contribution >= 0.6 is 23.1 Å². The lowest BCUT2D eigenvalue weighted by Crippen LogP contribution is -2.22. The Morgan fingerprint density at radius 3 is 2.79 bits per heavy atom. The van der Waals surface area contributed by atoms with Crippen molar-refractivity contribution in [3.8, 4) is 5.75 Å². The zero-order valence-corrected chi connectivity index (χ0v) is 17.8. The molecule has 0 aliphatic heterocycles. The van der Waals surface area contributed by atoms with Gasteiger partial charge in [-0.1, -0.05) is 11.8 Å². The number of Topliss-reactive ketones (excluding diaryl/α,β-unsaturated/α-hetero) is 1. The van der Waals surface area contributed by atoms with Crippen LogP contribution in [-0.4, -0.2) is 27.2 Å². The van der Waals surface area contributed by atoms with Crippen LogP contribution in [0.2, 0.25) is 0 Å². The zero-order chi connectivity index (χ0) is 19.8. The molecule has 0 unspecified atom stereocenters. The van der Waals surface area contributed by atoms with Gasteiger partial charge in [0.25, 0.3) is 5.56 Å². The third-order valence-corrected chi connectivity index (χ3v) is 7.34. The molecule has 2 heterocycles. The lowest BCUT2D eigenvalue weighted by atomic mass is 10.1. The monoisotopic (exact) mass is 414 g/mol. The molecule has 0 saturated carbocycles. The first-order chi connectivity index (χ1) is 13.5. The number of hydrogen-bond donors (Lipinski definition) is 0. The summed E-state index contributed by atoms with van der Waals surface area (Å²) in [6, 6.07) is 7.18. The van der Waals surface area contributed by atoms with Crippen molar-refractivity contribution in [2.45, 2.75) is 43.5 Å². The molecular weight excluding hydrogens is 392 g/mol. The predicted molar refractivity (Wildman–Crippen MR) is 114 cm³/mol. The van der Waals surface area contributed by atoms with Gasteiger partial charge in [-0.2, -0.15) is 0 Å². The Labute approximate surface area is 171 Å². The summed E-state index contributed by atoms with van der Waals surface area (Å²) in [5.41, 5.74) is 1.81. The van der Waals surface area contributed by atoms with Crippen LogP contribution in [-0.2, 0) is 19.9 Å². The van der Waals surface area contributed by atoms with E-state index in [0.29, 0.717) is 17.3 Å². The summed E-state index contributed by atoms with van der Waals surface area (Å²) < 4.78 is 7.01. The van der Waals surface area contributed by atoms with E-state index in [1.54, 1.807) is 47.2 Å². The fraction of sp³-hybridized carbons (Fsp3) is 0.381. The van der Waals surface area contributed by atoms with Crippen molar-refractivity contribution < 1.29 is 9.53 Å². The summed E-state index contributed by atoms with van der Waals surface area (Å²) >= 11 is 2.96. The van der Waals surface area contributed by atoms with Gasteiger partial charge in [0.15, 0.2) is 10.9 Å². The highest BCUT2D eigenvalue weighted by Gasteiger charge is 2.24. The van der Waals surface area contributed by atoms with Gasteiger partial charge in [0.05, 0.1) is 17.2 Å². The molecule has 1 aliphatic carbocycles. The second-order valence-electron chi connectivity index (χ2n) is 6.88. The van der Waals surface area contributed by atoms with Gasteiger partial charge in [-0.15, -0.1) is 11.3 Å². The summed E-state index contributed by atoms with van der Waals surface area (Å²) in [5, 5.41) is 1.01. The minimum absolute atomic E-state index is 0.00684. The Morgan fingerprint density at radius 2 is 2.07 bits per heavy atom. The van der Waals surface area contributed by atoms with Gasteiger partial charge in [0, 0.05) is 17.5 Å². The molecule has 1 aliphatic rings. The lowest BCUT2D eigenvalue weighted by molar-refractivity contribution is 0.0994. The van der Waals surface area contributed by atoms with Crippen LogP contribution in [0.5, 0.6) is 5.75 Å². The summed E-state index contributed by atoms with van der Waals surface area (Å²) in [6.07, 6.45) is 3.12. The maximum Gasteiger partial charge on any atom is 0.262 e. The maximum atomic E-state index is 12.9. The van der Waals surface area contributed by atoms with E-state index in [2.05, 4.69) is 0 Å². The Balaban J connectivity index is 1.59. The van der Waals surface area contributed by atoms with Crippen LogP contribution in [0, 0.1) is 0 Å². The van der Waals surface area contributed by atoms with Gasteiger partial charge in [-0.05, 0) is 62.9 Å². The predicted octanol–water partition coefficient (Wildman–Crippen LogP) is 4.25. The molecule has 1 atom stereocenters. The SMILES string of the molecule is CCOc1ccc(C(=O)[C@H](C)Sc2nc3sc4c(c3c(=O)n2C)CCC4)cc1.